The van der Waals surface area contributed by atoms with E-state index in [1.54, 1.807) is 0 Å². The summed E-state index contributed by atoms with van der Waals surface area (Å²) in [5.41, 5.74) is 3.46. The van der Waals surface area contributed by atoms with Crippen LogP contribution in [0.15, 0.2) is 35.8 Å². The second-order valence-electron chi connectivity index (χ2n) is 3.77. The van der Waals surface area contributed by atoms with Crippen LogP contribution < -0.4 is 5.32 Å². The topological polar surface area (TPSA) is 15.3 Å². The van der Waals surface area contributed by atoms with Crippen LogP contribution in [0.5, 0.6) is 0 Å². The van der Waals surface area contributed by atoms with Gasteiger partial charge in [-0.1, -0.05) is 33.8 Å². The van der Waals surface area contributed by atoms with E-state index in [-0.39, 0.29) is 0 Å². The van der Waals surface area contributed by atoms with Crippen molar-refractivity contribution >= 4 is 0 Å². The maximum Gasteiger partial charge on any atom is 0.0578 e. The molecule has 2 nitrogen and oxygen atoms in total. The summed E-state index contributed by atoms with van der Waals surface area (Å²) in [5.74, 6) is 0. The van der Waals surface area contributed by atoms with Crippen molar-refractivity contribution in [2.24, 2.45) is 0 Å². The maximum absolute atomic E-state index is 4.04. The molecule has 92 valence electrons. The molecule has 0 amide bonds. The Labute approximate surface area is 101 Å². The van der Waals surface area contributed by atoms with E-state index in [0.29, 0.717) is 0 Å². The van der Waals surface area contributed by atoms with Crippen molar-refractivity contribution in [3.63, 3.8) is 0 Å². The molecule has 1 heterocycles. The zero-order valence-corrected chi connectivity index (χ0v) is 11.4. The third-order valence-corrected chi connectivity index (χ3v) is 2.35. The highest BCUT2D eigenvalue weighted by Crippen LogP contribution is 2.18. The van der Waals surface area contributed by atoms with E-state index in [1.807, 2.05) is 20.9 Å². The Bertz CT molecular complexity index is 274. The molecule has 1 rings (SSSR count). The van der Waals surface area contributed by atoms with Crippen LogP contribution in [-0.4, -0.2) is 18.5 Å². The summed E-state index contributed by atoms with van der Waals surface area (Å²) in [6.07, 6.45) is 6.67. The zero-order chi connectivity index (χ0) is 12.6. The molecule has 1 aliphatic rings. The van der Waals surface area contributed by atoms with Crippen molar-refractivity contribution in [3.8, 4) is 0 Å². The summed E-state index contributed by atoms with van der Waals surface area (Å²) in [6.45, 7) is 13.4. The van der Waals surface area contributed by atoms with Crippen LogP contribution in [-0.2, 0) is 0 Å². The average molecular weight is 222 g/mol. The molecular formula is C14H26N2. The number of nitrogens with zero attached hydrogens (tertiary/aromatic N) is 1. The number of hydrogen-bond donors (Lipinski definition) is 1. The molecule has 0 unspecified atom stereocenters. The standard InChI is InChI=1S/C12H20N2.C2H6/c1-5-6-7-13-12-8-10(2)9-14(4)11(12)3;1-2/h8-9,13H,3,5-7H2,1-2,4H3;1-2H3. The lowest BCUT2D eigenvalue weighted by Crippen LogP contribution is -2.25. The van der Waals surface area contributed by atoms with Crippen molar-refractivity contribution < 1.29 is 0 Å². The molecule has 0 aromatic rings. The van der Waals surface area contributed by atoms with Crippen LogP contribution in [0.25, 0.3) is 0 Å². The molecule has 0 atom stereocenters. The molecule has 0 aromatic carbocycles. The Hall–Kier alpha value is -1.18. The SMILES string of the molecule is C=C1C(NCCCC)=CC(C)=CN1C.CC. The number of hydrogen-bond acceptors (Lipinski definition) is 2. The Morgan fingerprint density at radius 3 is 2.56 bits per heavy atom. The highest BCUT2D eigenvalue weighted by Gasteiger charge is 2.10. The molecule has 0 saturated carbocycles. The first-order chi connectivity index (χ1) is 7.65. The van der Waals surface area contributed by atoms with Gasteiger partial charge in [-0.05, 0) is 25.0 Å². The molecular weight excluding hydrogens is 196 g/mol. The van der Waals surface area contributed by atoms with Gasteiger partial charge in [0.2, 0.25) is 0 Å². The molecule has 0 bridgehead atoms. The van der Waals surface area contributed by atoms with Gasteiger partial charge >= 0.3 is 0 Å². The van der Waals surface area contributed by atoms with Crippen molar-refractivity contribution in [1.29, 1.82) is 0 Å². The molecule has 1 N–H and O–H groups in total. The van der Waals surface area contributed by atoms with Gasteiger partial charge in [-0.15, -0.1) is 0 Å². The third-order valence-electron chi connectivity index (χ3n) is 2.35. The Morgan fingerprint density at radius 1 is 1.38 bits per heavy atom. The fourth-order valence-corrected chi connectivity index (χ4v) is 1.47. The van der Waals surface area contributed by atoms with Crippen molar-refractivity contribution in [3.05, 3.63) is 35.8 Å². The quantitative estimate of drug-likeness (QED) is 0.730. The number of unbranched alkanes of at least 4 members (excludes halogenated alkanes) is 1. The zero-order valence-electron chi connectivity index (χ0n) is 11.4. The normalized spacial score (nSPS) is 14.8. The number of likely N-dealkylation sites (N-methyl/N-ethyl adjacent to an activating group) is 1. The summed E-state index contributed by atoms with van der Waals surface area (Å²) in [6, 6.07) is 0. The summed E-state index contributed by atoms with van der Waals surface area (Å²) in [4.78, 5) is 2.06. The van der Waals surface area contributed by atoms with Gasteiger partial charge in [-0.3, -0.25) is 0 Å². The molecule has 0 aliphatic carbocycles. The van der Waals surface area contributed by atoms with Gasteiger partial charge < -0.3 is 10.2 Å². The first kappa shape index (κ1) is 14.8. The van der Waals surface area contributed by atoms with E-state index in [9.17, 15) is 0 Å². The molecule has 0 radical (unpaired) electrons. The van der Waals surface area contributed by atoms with E-state index >= 15 is 0 Å². The monoisotopic (exact) mass is 222 g/mol. The van der Waals surface area contributed by atoms with Crippen LogP contribution in [0, 0.1) is 0 Å². The summed E-state index contributed by atoms with van der Waals surface area (Å²) >= 11 is 0. The van der Waals surface area contributed by atoms with Gasteiger partial charge in [0.25, 0.3) is 0 Å². The van der Waals surface area contributed by atoms with Crippen molar-refractivity contribution in [1.82, 2.24) is 10.2 Å². The van der Waals surface area contributed by atoms with Gasteiger partial charge in [0, 0.05) is 19.8 Å². The number of rotatable bonds is 4. The summed E-state index contributed by atoms with van der Waals surface area (Å²) in [7, 11) is 2.03. The minimum absolute atomic E-state index is 1.03. The van der Waals surface area contributed by atoms with Crippen LogP contribution in [0.4, 0.5) is 0 Å². The maximum atomic E-state index is 4.04. The largest absolute Gasteiger partial charge is 0.383 e. The number of nitrogens with one attached hydrogen (secondary N) is 1. The van der Waals surface area contributed by atoms with Crippen molar-refractivity contribution in [2.45, 2.75) is 40.5 Å². The van der Waals surface area contributed by atoms with E-state index in [0.717, 1.165) is 17.9 Å². The van der Waals surface area contributed by atoms with Crippen molar-refractivity contribution in [2.75, 3.05) is 13.6 Å². The molecule has 16 heavy (non-hydrogen) atoms. The highest BCUT2D eigenvalue weighted by atomic mass is 15.1. The lowest BCUT2D eigenvalue weighted by Gasteiger charge is -2.25. The van der Waals surface area contributed by atoms with Crippen LogP contribution in [0.1, 0.15) is 40.5 Å². The molecule has 0 aromatic heterocycles. The second kappa shape index (κ2) is 8.03. The molecule has 0 fully saturated rings. The second-order valence-corrected chi connectivity index (χ2v) is 3.77. The van der Waals surface area contributed by atoms with E-state index in [1.165, 1.54) is 18.4 Å². The molecule has 0 saturated heterocycles. The van der Waals surface area contributed by atoms with E-state index in [2.05, 4.69) is 42.9 Å². The lowest BCUT2D eigenvalue weighted by molar-refractivity contribution is 0.549. The van der Waals surface area contributed by atoms with Gasteiger partial charge in [-0.2, -0.15) is 0 Å². The number of allylic oxidation sites excluding steroid dienone is 2. The lowest BCUT2D eigenvalue weighted by atomic mass is 10.1. The first-order valence-corrected chi connectivity index (χ1v) is 6.21. The van der Waals surface area contributed by atoms with Crippen LogP contribution >= 0.6 is 0 Å². The van der Waals surface area contributed by atoms with Gasteiger partial charge in [0.15, 0.2) is 0 Å². The Balaban J connectivity index is 0.00000106. The summed E-state index contributed by atoms with van der Waals surface area (Å²) < 4.78 is 0. The smallest absolute Gasteiger partial charge is 0.0578 e. The minimum atomic E-state index is 1.03. The fraction of sp³-hybridized carbons (Fsp3) is 0.571. The first-order valence-electron chi connectivity index (χ1n) is 6.21. The molecule has 0 spiro atoms. The Morgan fingerprint density at radius 2 is 2.00 bits per heavy atom. The predicted octanol–water partition coefficient (Wildman–Crippen LogP) is 3.65. The molecule has 2 heteroatoms. The van der Waals surface area contributed by atoms with Gasteiger partial charge in [0.1, 0.15) is 0 Å². The third kappa shape index (κ3) is 4.56. The fourth-order valence-electron chi connectivity index (χ4n) is 1.47. The summed E-state index contributed by atoms with van der Waals surface area (Å²) in [5, 5.41) is 3.41. The molecule has 1 aliphatic heterocycles. The van der Waals surface area contributed by atoms with Gasteiger partial charge in [0.05, 0.1) is 11.4 Å². The van der Waals surface area contributed by atoms with E-state index in [4.69, 9.17) is 0 Å². The highest BCUT2D eigenvalue weighted by molar-refractivity contribution is 5.38. The van der Waals surface area contributed by atoms with E-state index < -0.39 is 0 Å². The minimum Gasteiger partial charge on any atom is -0.383 e. The van der Waals surface area contributed by atoms with Crippen LogP contribution in [0.3, 0.4) is 0 Å². The Kier molecular flexibility index (Phi) is 7.44. The van der Waals surface area contributed by atoms with Crippen LogP contribution in [0.2, 0.25) is 0 Å². The predicted molar refractivity (Wildman–Crippen MR) is 73.0 cm³/mol. The van der Waals surface area contributed by atoms with Gasteiger partial charge in [-0.25, -0.2) is 0 Å². The average Bonchev–Trinajstić information content (AvgIpc) is 2.28.